The smallest absolute Gasteiger partial charge is 0.160 e. The first kappa shape index (κ1) is 12.3. The second kappa shape index (κ2) is 4.61. The summed E-state index contributed by atoms with van der Waals surface area (Å²) in [6.07, 6.45) is 0. The molecule has 0 amide bonds. The van der Waals surface area contributed by atoms with E-state index in [1.807, 2.05) is 18.2 Å². The number of rotatable bonds is 4. The Morgan fingerprint density at radius 3 is 2.00 bits per heavy atom. The highest BCUT2D eigenvalue weighted by molar-refractivity contribution is 6.08. The Morgan fingerprint density at radius 1 is 1.00 bits per heavy atom. The summed E-state index contributed by atoms with van der Waals surface area (Å²) in [6, 6.07) is 11.0. The molecule has 0 aliphatic heterocycles. The Bertz CT molecular complexity index is 389. The fourth-order valence-electron chi connectivity index (χ4n) is 2.79. The molecule has 1 aromatic carbocycles. The summed E-state index contributed by atoms with van der Waals surface area (Å²) in [5, 5.41) is 0. The van der Waals surface area contributed by atoms with Gasteiger partial charge in [-0.1, -0.05) is 30.3 Å². The Balaban J connectivity index is 2.18. The van der Waals surface area contributed by atoms with Crippen molar-refractivity contribution in [3.05, 3.63) is 35.9 Å². The van der Waals surface area contributed by atoms with Crippen molar-refractivity contribution >= 4 is 5.78 Å². The minimum Gasteiger partial charge on any atom is -0.297 e. The normalized spacial score (nSPS) is 23.8. The van der Waals surface area contributed by atoms with E-state index in [1.165, 1.54) is 0 Å². The van der Waals surface area contributed by atoms with E-state index in [0.717, 1.165) is 5.56 Å². The number of nitrogens with zero attached hydrogens (tertiary/aromatic N) is 1. The molecule has 0 radical (unpaired) electrons. The maximum absolute atomic E-state index is 12.0. The van der Waals surface area contributed by atoms with Crippen LogP contribution in [0.1, 0.15) is 39.2 Å². The molecule has 0 saturated heterocycles. The van der Waals surface area contributed by atoms with Gasteiger partial charge in [0.25, 0.3) is 0 Å². The summed E-state index contributed by atoms with van der Waals surface area (Å²) in [7, 11) is 0. The zero-order valence-electron chi connectivity index (χ0n) is 11.1. The highest BCUT2D eigenvalue weighted by Crippen LogP contribution is 2.42. The number of benzene rings is 1. The second-order valence-electron chi connectivity index (χ2n) is 5.37. The van der Waals surface area contributed by atoms with Crippen molar-refractivity contribution in [1.29, 1.82) is 0 Å². The summed E-state index contributed by atoms with van der Waals surface area (Å²) >= 11 is 0. The van der Waals surface area contributed by atoms with E-state index in [1.54, 1.807) is 0 Å². The fourth-order valence-corrected chi connectivity index (χ4v) is 2.79. The Kier molecular flexibility index (Phi) is 3.34. The molecule has 0 spiro atoms. The van der Waals surface area contributed by atoms with Crippen molar-refractivity contribution in [2.24, 2.45) is 0 Å². The summed E-state index contributed by atoms with van der Waals surface area (Å²) in [4.78, 5) is 14.3. The average Bonchev–Trinajstić information content (AvgIpc) is 2.90. The summed E-state index contributed by atoms with van der Waals surface area (Å²) in [5.74, 6) is 0.472. The second-order valence-corrected chi connectivity index (χ2v) is 5.37. The molecule has 1 fully saturated rings. The largest absolute Gasteiger partial charge is 0.297 e. The number of ketones is 1. The third-order valence-electron chi connectivity index (χ3n) is 3.48. The number of Topliss-reactive ketones (excluding diaryl/α,β-unsaturated/α-hetero) is 1. The van der Waals surface area contributed by atoms with Gasteiger partial charge in [0, 0.05) is 12.1 Å². The highest BCUT2D eigenvalue weighted by Gasteiger charge is 2.54. The lowest BCUT2D eigenvalue weighted by Crippen LogP contribution is -2.40. The Labute approximate surface area is 104 Å². The van der Waals surface area contributed by atoms with Gasteiger partial charge in [-0.05, 0) is 33.3 Å². The van der Waals surface area contributed by atoms with E-state index in [9.17, 15) is 4.79 Å². The Hall–Kier alpha value is -1.15. The van der Waals surface area contributed by atoms with Crippen LogP contribution in [0.15, 0.2) is 30.3 Å². The molecule has 92 valence electrons. The average molecular weight is 231 g/mol. The van der Waals surface area contributed by atoms with E-state index < -0.39 is 0 Å². The molecule has 0 bridgehead atoms. The van der Waals surface area contributed by atoms with Gasteiger partial charge in [0.05, 0.1) is 12.0 Å². The standard InChI is InChI=1S/C15H21NO/c1-10(2)16(11(3)4)14-13(15(14)17)12-8-6-5-7-9-12/h5-11,13-14H,1-4H3. The molecule has 0 heterocycles. The molecule has 2 atom stereocenters. The number of hydrogen-bond donors (Lipinski definition) is 0. The van der Waals surface area contributed by atoms with Gasteiger partial charge in [0.2, 0.25) is 0 Å². The van der Waals surface area contributed by atoms with Crippen LogP contribution in [-0.2, 0) is 4.79 Å². The molecule has 2 rings (SSSR count). The quantitative estimate of drug-likeness (QED) is 0.794. The minimum absolute atomic E-state index is 0.0948. The third kappa shape index (κ3) is 2.27. The molecule has 0 aromatic heterocycles. The molecular formula is C15H21NO. The van der Waals surface area contributed by atoms with Crippen molar-refractivity contribution in [2.45, 2.75) is 51.7 Å². The molecule has 2 nitrogen and oxygen atoms in total. The van der Waals surface area contributed by atoms with Gasteiger partial charge < -0.3 is 0 Å². The molecule has 1 saturated carbocycles. The summed E-state index contributed by atoms with van der Waals surface area (Å²) in [6.45, 7) is 8.64. The van der Waals surface area contributed by atoms with E-state index in [2.05, 4.69) is 44.7 Å². The first-order chi connectivity index (χ1) is 8.04. The van der Waals surface area contributed by atoms with Crippen LogP contribution in [-0.4, -0.2) is 28.8 Å². The molecule has 2 heteroatoms. The molecule has 1 aliphatic rings. The predicted octanol–water partition coefficient (Wildman–Crippen LogP) is 2.84. The SMILES string of the molecule is CC(C)N(C(C)C)C1C(=O)C1c1ccccc1. The molecule has 0 N–H and O–H groups in total. The van der Waals surface area contributed by atoms with Crippen molar-refractivity contribution in [2.75, 3.05) is 0 Å². The van der Waals surface area contributed by atoms with Crippen LogP contribution in [0.5, 0.6) is 0 Å². The van der Waals surface area contributed by atoms with Crippen molar-refractivity contribution in [1.82, 2.24) is 4.90 Å². The summed E-state index contributed by atoms with van der Waals surface area (Å²) in [5.41, 5.74) is 1.16. The first-order valence-electron chi connectivity index (χ1n) is 6.40. The van der Waals surface area contributed by atoms with Crippen molar-refractivity contribution < 1.29 is 4.79 Å². The highest BCUT2D eigenvalue weighted by atomic mass is 16.1. The minimum atomic E-state index is 0.0948. The van der Waals surface area contributed by atoms with Gasteiger partial charge in [-0.25, -0.2) is 0 Å². The zero-order valence-corrected chi connectivity index (χ0v) is 11.1. The third-order valence-corrected chi connectivity index (χ3v) is 3.48. The molecule has 1 aromatic rings. The predicted molar refractivity (Wildman–Crippen MR) is 70.1 cm³/mol. The zero-order chi connectivity index (χ0) is 12.6. The maximum Gasteiger partial charge on any atom is 0.160 e. The number of carbonyl (C=O) groups is 1. The van der Waals surface area contributed by atoms with Crippen LogP contribution in [0.25, 0.3) is 0 Å². The van der Waals surface area contributed by atoms with Gasteiger partial charge in [0.1, 0.15) is 0 Å². The molecule has 1 aliphatic carbocycles. The topological polar surface area (TPSA) is 20.3 Å². The number of carbonyl (C=O) groups excluding carboxylic acids is 1. The fraction of sp³-hybridized carbons (Fsp3) is 0.533. The lowest BCUT2D eigenvalue weighted by atomic mass is 10.1. The van der Waals surface area contributed by atoms with Crippen molar-refractivity contribution in [3.8, 4) is 0 Å². The van der Waals surface area contributed by atoms with E-state index in [4.69, 9.17) is 0 Å². The molecular weight excluding hydrogens is 210 g/mol. The van der Waals surface area contributed by atoms with Crippen molar-refractivity contribution in [3.63, 3.8) is 0 Å². The Morgan fingerprint density at radius 2 is 1.53 bits per heavy atom. The molecule has 2 unspecified atom stereocenters. The lowest BCUT2D eigenvalue weighted by molar-refractivity contribution is -0.112. The van der Waals surface area contributed by atoms with Gasteiger partial charge in [0.15, 0.2) is 5.78 Å². The van der Waals surface area contributed by atoms with E-state index >= 15 is 0 Å². The van der Waals surface area contributed by atoms with E-state index in [-0.39, 0.29) is 12.0 Å². The monoisotopic (exact) mass is 231 g/mol. The maximum atomic E-state index is 12.0. The van der Waals surface area contributed by atoms with Crippen LogP contribution in [0.3, 0.4) is 0 Å². The summed E-state index contributed by atoms with van der Waals surface area (Å²) < 4.78 is 0. The molecule has 17 heavy (non-hydrogen) atoms. The van der Waals surface area contributed by atoms with Gasteiger partial charge in [-0.3, -0.25) is 9.69 Å². The van der Waals surface area contributed by atoms with Gasteiger partial charge in [-0.15, -0.1) is 0 Å². The van der Waals surface area contributed by atoms with Crippen LogP contribution in [0, 0.1) is 0 Å². The van der Waals surface area contributed by atoms with Crippen LogP contribution >= 0.6 is 0 Å². The number of hydrogen-bond acceptors (Lipinski definition) is 2. The lowest BCUT2D eigenvalue weighted by Gasteiger charge is -2.30. The van der Waals surface area contributed by atoms with Gasteiger partial charge >= 0.3 is 0 Å². The van der Waals surface area contributed by atoms with Crippen LogP contribution < -0.4 is 0 Å². The van der Waals surface area contributed by atoms with Crippen LogP contribution in [0.4, 0.5) is 0 Å². The van der Waals surface area contributed by atoms with Gasteiger partial charge in [-0.2, -0.15) is 0 Å². The van der Waals surface area contributed by atoms with Crippen LogP contribution in [0.2, 0.25) is 0 Å². The van der Waals surface area contributed by atoms with E-state index in [0.29, 0.717) is 17.9 Å². The first-order valence-corrected chi connectivity index (χ1v) is 6.40.